The summed E-state index contributed by atoms with van der Waals surface area (Å²) in [4.78, 5) is 0. The number of aromatic nitrogens is 4. The van der Waals surface area contributed by atoms with Crippen LogP contribution < -0.4 is 0 Å². The zero-order valence-electron chi connectivity index (χ0n) is 24.4. The van der Waals surface area contributed by atoms with Crippen molar-refractivity contribution in [3.05, 3.63) is 22.5 Å². The van der Waals surface area contributed by atoms with Gasteiger partial charge in [0.25, 0.3) is 0 Å². The minimum Gasteiger partial charge on any atom is -0.268 e. The number of fused-ring (bicyclic) bond motifs is 10. The third-order valence-electron chi connectivity index (χ3n) is 12.3. The molecular formula is C32H50N4. The molecule has 4 bridgehead atoms. The number of hydrogen-bond donors (Lipinski definition) is 0. The number of nitrogens with zero attached hydrogens (tertiary/aromatic N) is 4. The van der Waals surface area contributed by atoms with Crippen molar-refractivity contribution in [3.8, 4) is 11.4 Å². The van der Waals surface area contributed by atoms with Gasteiger partial charge in [0.05, 0.1) is 0 Å². The lowest BCUT2D eigenvalue weighted by Crippen LogP contribution is -2.34. The summed E-state index contributed by atoms with van der Waals surface area (Å²) in [6.45, 7) is 21.9. The minimum atomic E-state index is 0.224. The molecular weight excluding hydrogens is 440 g/mol. The zero-order chi connectivity index (χ0) is 25.7. The first-order chi connectivity index (χ1) is 17.0. The van der Waals surface area contributed by atoms with Crippen molar-refractivity contribution in [2.45, 2.75) is 155 Å². The van der Waals surface area contributed by atoms with E-state index in [1.54, 1.807) is 22.5 Å². The standard InChI is InChI=1S/C32H50N4/c1-9-11-13-19-35-27-23(21-15-17-31(27,7)29(21,3)4)25(33-35)26-24-22-16-18-32(8,30(22,5)6)28(24)36(34-26)20-14-12-10-2/h21-22H,9-20H2,1-8H3. The average molecular weight is 491 g/mol. The Hall–Kier alpha value is -1.58. The molecule has 6 rings (SSSR count). The molecule has 0 aliphatic heterocycles. The molecule has 0 saturated heterocycles. The molecule has 4 unspecified atom stereocenters. The molecule has 0 spiro atoms. The summed E-state index contributed by atoms with van der Waals surface area (Å²) in [6.07, 6.45) is 12.7. The first kappa shape index (κ1) is 24.7. The van der Waals surface area contributed by atoms with Crippen LogP contribution in [-0.2, 0) is 23.9 Å². The Kier molecular flexibility index (Phi) is 5.47. The molecule has 2 saturated carbocycles. The normalized spacial score (nSPS) is 32.4. The van der Waals surface area contributed by atoms with E-state index in [4.69, 9.17) is 10.2 Å². The fourth-order valence-corrected chi connectivity index (χ4v) is 9.33. The predicted molar refractivity (Wildman–Crippen MR) is 149 cm³/mol. The van der Waals surface area contributed by atoms with Gasteiger partial charge in [0.2, 0.25) is 0 Å². The molecule has 4 atom stereocenters. The maximum absolute atomic E-state index is 5.51. The zero-order valence-corrected chi connectivity index (χ0v) is 24.4. The van der Waals surface area contributed by atoms with E-state index in [2.05, 4.69) is 64.8 Å². The molecule has 36 heavy (non-hydrogen) atoms. The van der Waals surface area contributed by atoms with Gasteiger partial charge in [-0.3, -0.25) is 9.36 Å². The number of hydrogen-bond acceptors (Lipinski definition) is 2. The van der Waals surface area contributed by atoms with Crippen LogP contribution >= 0.6 is 0 Å². The van der Waals surface area contributed by atoms with Crippen molar-refractivity contribution in [3.63, 3.8) is 0 Å². The Morgan fingerprint density at radius 3 is 1.39 bits per heavy atom. The molecule has 0 N–H and O–H groups in total. The fraction of sp³-hybridized carbons (Fsp3) is 0.812. The van der Waals surface area contributed by atoms with Crippen LogP contribution in [0.15, 0.2) is 0 Å². The van der Waals surface area contributed by atoms with Gasteiger partial charge in [0.1, 0.15) is 11.4 Å². The van der Waals surface area contributed by atoms with E-state index in [1.165, 1.54) is 75.6 Å². The van der Waals surface area contributed by atoms with Crippen molar-refractivity contribution in [1.82, 2.24) is 19.6 Å². The Bertz CT molecular complexity index is 1090. The SMILES string of the molecule is CCCCCn1nc(-c2nn(CCCCC)c3c2C2CCC3(C)C2(C)C)c2c1C1(C)CCC2C1(C)C. The van der Waals surface area contributed by atoms with E-state index < -0.39 is 0 Å². The number of rotatable bonds is 9. The van der Waals surface area contributed by atoms with E-state index in [-0.39, 0.29) is 10.8 Å². The highest BCUT2D eigenvalue weighted by molar-refractivity contribution is 5.72. The molecule has 4 aliphatic rings. The molecule has 0 aromatic carbocycles. The van der Waals surface area contributed by atoms with E-state index in [1.807, 2.05) is 0 Å². The van der Waals surface area contributed by atoms with Crippen molar-refractivity contribution in [2.75, 3.05) is 0 Å². The van der Waals surface area contributed by atoms with Gasteiger partial charge < -0.3 is 0 Å². The largest absolute Gasteiger partial charge is 0.268 e. The fourth-order valence-electron chi connectivity index (χ4n) is 9.33. The molecule has 2 fully saturated rings. The third kappa shape index (κ3) is 2.83. The molecule has 4 nitrogen and oxygen atoms in total. The second-order valence-corrected chi connectivity index (χ2v) is 14.4. The summed E-state index contributed by atoms with van der Waals surface area (Å²) >= 11 is 0. The van der Waals surface area contributed by atoms with Gasteiger partial charge >= 0.3 is 0 Å². The predicted octanol–water partition coefficient (Wildman–Crippen LogP) is 8.48. The highest BCUT2D eigenvalue weighted by Gasteiger charge is 2.65. The van der Waals surface area contributed by atoms with Crippen LogP contribution in [0.4, 0.5) is 0 Å². The van der Waals surface area contributed by atoms with Crippen LogP contribution in [0.5, 0.6) is 0 Å². The summed E-state index contributed by atoms with van der Waals surface area (Å²) in [5.74, 6) is 1.21. The average Bonchev–Trinajstić information content (AvgIpc) is 3.57. The van der Waals surface area contributed by atoms with E-state index in [0.29, 0.717) is 22.7 Å². The van der Waals surface area contributed by atoms with E-state index >= 15 is 0 Å². The van der Waals surface area contributed by atoms with Crippen LogP contribution in [0, 0.1) is 10.8 Å². The van der Waals surface area contributed by atoms with Gasteiger partial charge in [-0.2, -0.15) is 10.2 Å². The highest BCUT2D eigenvalue weighted by atomic mass is 15.3. The summed E-state index contributed by atoms with van der Waals surface area (Å²) in [5.41, 5.74) is 9.85. The van der Waals surface area contributed by atoms with Gasteiger partial charge in [-0.05, 0) is 61.2 Å². The van der Waals surface area contributed by atoms with Crippen LogP contribution in [0.1, 0.15) is 154 Å². The topological polar surface area (TPSA) is 35.6 Å². The maximum atomic E-state index is 5.51. The smallest absolute Gasteiger partial charge is 0.117 e. The highest BCUT2D eigenvalue weighted by Crippen LogP contribution is 2.72. The molecule has 2 heterocycles. The lowest BCUT2D eigenvalue weighted by molar-refractivity contribution is 0.217. The third-order valence-corrected chi connectivity index (χ3v) is 12.3. The summed E-state index contributed by atoms with van der Waals surface area (Å²) in [7, 11) is 0. The Morgan fingerprint density at radius 2 is 1.03 bits per heavy atom. The monoisotopic (exact) mass is 490 g/mol. The molecule has 4 heteroatoms. The van der Waals surface area contributed by atoms with Gasteiger partial charge in [-0.25, -0.2) is 0 Å². The van der Waals surface area contributed by atoms with Gasteiger partial charge in [0.15, 0.2) is 0 Å². The second-order valence-electron chi connectivity index (χ2n) is 14.4. The van der Waals surface area contributed by atoms with Crippen molar-refractivity contribution < 1.29 is 0 Å². The van der Waals surface area contributed by atoms with E-state index in [0.717, 1.165) is 13.1 Å². The Balaban J connectivity index is 1.54. The molecule has 2 aromatic rings. The first-order valence-corrected chi connectivity index (χ1v) is 15.3. The first-order valence-electron chi connectivity index (χ1n) is 15.3. The molecule has 0 radical (unpaired) electrons. The van der Waals surface area contributed by atoms with Crippen molar-refractivity contribution in [1.29, 1.82) is 0 Å². The molecule has 4 aliphatic carbocycles. The second kappa shape index (κ2) is 7.96. The Morgan fingerprint density at radius 1 is 0.639 bits per heavy atom. The van der Waals surface area contributed by atoms with Crippen LogP contribution in [0.3, 0.4) is 0 Å². The molecule has 2 aromatic heterocycles. The maximum Gasteiger partial charge on any atom is 0.117 e. The minimum absolute atomic E-state index is 0.224. The lowest BCUT2D eigenvalue weighted by Gasteiger charge is -2.36. The lowest BCUT2D eigenvalue weighted by atomic mass is 9.70. The summed E-state index contributed by atoms with van der Waals surface area (Å²) < 4.78 is 4.92. The van der Waals surface area contributed by atoms with Crippen molar-refractivity contribution in [2.24, 2.45) is 10.8 Å². The van der Waals surface area contributed by atoms with Crippen LogP contribution in [0.25, 0.3) is 11.4 Å². The van der Waals surface area contributed by atoms with Gasteiger partial charge in [-0.15, -0.1) is 0 Å². The van der Waals surface area contributed by atoms with E-state index in [9.17, 15) is 0 Å². The Labute approximate surface area is 219 Å². The number of aryl methyl sites for hydroxylation is 2. The van der Waals surface area contributed by atoms with Gasteiger partial charge in [0, 0.05) is 46.4 Å². The van der Waals surface area contributed by atoms with Crippen LogP contribution in [0.2, 0.25) is 0 Å². The number of unbranched alkanes of at least 4 members (excludes halogenated alkanes) is 4. The summed E-state index contributed by atoms with van der Waals surface area (Å²) in [6, 6.07) is 0. The van der Waals surface area contributed by atoms with Gasteiger partial charge in [-0.1, -0.05) is 81.1 Å². The van der Waals surface area contributed by atoms with Crippen molar-refractivity contribution >= 4 is 0 Å². The molecule has 0 amide bonds. The molecule has 198 valence electrons. The quantitative estimate of drug-likeness (QED) is 0.330. The summed E-state index contributed by atoms with van der Waals surface area (Å²) in [5, 5.41) is 11.0. The van der Waals surface area contributed by atoms with Crippen LogP contribution in [-0.4, -0.2) is 19.6 Å².